The van der Waals surface area contributed by atoms with Gasteiger partial charge in [-0.05, 0) is 134 Å². The highest BCUT2D eigenvalue weighted by Crippen LogP contribution is 2.44. The average Bonchev–Trinajstić information content (AvgIpc) is 3.89. The molecule has 59 heavy (non-hydrogen) atoms. The van der Waals surface area contributed by atoms with Gasteiger partial charge in [-0.2, -0.15) is 0 Å². The number of aromatic nitrogens is 2. The van der Waals surface area contributed by atoms with E-state index in [0.29, 0.717) is 0 Å². The average molecular weight is 761 g/mol. The molecule has 0 atom stereocenters. The Hall–Kier alpha value is -6.64. The Balaban J connectivity index is 1.01. The maximum absolute atomic E-state index is 2.47. The zero-order valence-electron chi connectivity index (χ0n) is 34.8. The fraction of sp³-hybridized carbons (Fsp3) is 0.158. The van der Waals surface area contributed by atoms with Gasteiger partial charge in [0.15, 0.2) is 0 Å². The van der Waals surface area contributed by atoms with Crippen molar-refractivity contribution in [2.24, 2.45) is 0 Å². The van der Waals surface area contributed by atoms with Crippen LogP contribution in [0.5, 0.6) is 0 Å². The smallest absolute Gasteiger partial charge is 0.0541 e. The van der Waals surface area contributed by atoms with Crippen molar-refractivity contribution in [2.75, 3.05) is 0 Å². The number of hydrogen-bond acceptors (Lipinski definition) is 0. The molecule has 0 fully saturated rings. The van der Waals surface area contributed by atoms with Crippen molar-refractivity contribution < 1.29 is 0 Å². The molecular weight excluding hydrogens is 713 g/mol. The quantitative estimate of drug-likeness (QED) is 0.169. The van der Waals surface area contributed by atoms with E-state index in [1.165, 1.54) is 111 Å². The minimum absolute atomic E-state index is 0.0147. The summed E-state index contributed by atoms with van der Waals surface area (Å²) < 4.78 is 4.94. The Bertz CT molecular complexity index is 3090. The van der Waals surface area contributed by atoms with Crippen LogP contribution >= 0.6 is 0 Å². The largest absolute Gasteiger partial charge is 0.309 e. The van der Waals surface area contributed by atoms with Gasteiger partial charge < -0.3 is 9.13 Å². The van der Waals surface area contributed by atoms with E-state index in [1.807, 2.05) is 0 Å². The second-order valence-electron chi connectivity index (χ2n) is 18.6. The van der Waals surface area contributed by atoms with Crippen LogP contribution in [-0.2, 0) is 17.3 Å². The fourth-order valence-electron chi connectivity index (χ4n) is 9.96. The topological polar surface area (TPSA) is 9.86 Å². The molecule has 0 N–H and O–H groups in total. The van der Waals surface area contributed by atoms with Gasteiger partial charge in [0, 0.05) is 32.9 Å². The summed E-state index contributed by atoms with van der Waals surface area (Å²) in [4.78, 5) is 0. The predicted molar refractivity (Wildman–Crippen MR) is 252 cm³/mol. The zero-order chi connectivity index (χ0) is 40.2. The number of para-hydroxylation sites is 4. The van der Waals surface area contributed by atoms with Crippen LogP contribution in [0.2, 0.25) is 0 Å². The minimum Gasteiger partial charge on any atom is -0.309 e. The predicted octanol–water partition coefficient (Wildman–Crippen LogP) is 15.4. The van der Waals surface area contributed by atoms with Gasteiger partial charge in [-0.3, -0.25) is 0 Å². The molecule has 2 heterocycles. The van der Waals surface area contributed by atoms with Gasteiger partial charge in [-0.15, -0.1) is 0 Å². The molecule has 2 heteroatoms. The Morgan fingerprint density at radius 2 is 0.695 bits per heavy atom. The van der Waals surface area contributed by atoms with Crippen LogP contribution in [-0.4, -0.2) is 9.13 Å². The van der Waals surface area contributed by atoms with E-state index in [2.05, 4.69) is 221 Å². The highest BCUT2D eigenvalue weighted by atomic mass is 15.0. The third kappa shape index (κ3) is 5.61. The lowest BCUT2D eigenvalue weighted by Crippen LogP contribution is -2.15. The first-order valence-electron chi connectivity index (χ1n) is 21.1. The maximum Gasteiger partial charge on any atom is 0.0541 e. The molecule has 286 valence electrons. The lowest BCUT2D eigenvalue weighted by atomic mass is 9.85. The van der Waals surface area contributed by atoms with E-state index in [0.717, 1.165) is 6.42 Å². The van der Waals surface area contributed by atoms with Gasteiger partial charge in [0.1, 0.15) is 0 Å². The Morgan fingerprint density at radius 3 is 1.14 bits per heavy atom. The second kappa shape index (κ2) is 12.9. The van der Waals surface area contributed by atoms with Gasteiger partial charge in [-0.25, -0.2) is 0 Å². The summed E-state index contributed by atoms with van der Waals surface area (Å²) >= 11 is 0. The standard InChI is InChI=1S/C57H48N2/c1-56(2,3)48-17-9-13-21-54(48)58-50-19-11-7-15-42(50)46-34-38(27-29-52(46)58)36-23-25-40-31-41-26-24-37(33-45(41)44(40)32-36)39-28-30-53-47(35-39)43-16-8-12-20-51(43)59(53)55-22-14-10-18-49(55)57(4,5)6/h7-30,32-35H,31H2,1-6H3. The van der Waals surface area contributed by atoms with E-state index in [9.17, 15) is 0 Å². The SMILES string of the molecule is CC(C)(C)c1ccccc1-n1c2ccccc2c2cc(-c3ccc4c(c3)-c3cc(-c5ccc6c(c5)c5ccccc5n6-c5ccccc5C(C)(C)C)ccc3C4)ccc21. The van der Waals surface area contributed by atoms with Crippen LogP contribution in [0.3, 0.4) is 0 Å². The molecular formula is C57H48N2. The van der Waals surface area contributed by atoms with Crippen LogP contribution in [0.15, 0.2) is 170 Å². The zero-order valence-corrected chi connectivity index (χ0v) is 34.8. The van der Waals surface area contributed by atoms with E-state index >= 15 is 0 Å². The Kier molecular flexibility index (Phi) is 7.79. The molecule has 0 unspecified atom stereocenters. The number of rotatable bonds is 4. The summed E-state index contributed by atoms with van der Waals surface area (Å²) in [6, 6.07) is 63.8. The minimum atomic E-state index is 0.0147. The van der Waals surface area contributed by atoms with Gasteiger partial charge in [0.25, 0.3) is 0 Å². The van der Waals surface area contributed by atoms with Crippen molar-refractivity contribution in [3.8, 4) is 44.8 Å². The van der Waals surface area contributed by atoms with E-state index in [-0.39, 0.29) is 10.8 Å². The second-order valence-corrected chi connectivity index (χ2v) is 18.6. The van der Waals surface area contributed by atoms with E-state index in [4.69, 9.17) is 0 Å². The first-order valence-corrected chi connectivity index (χ1v) is 21.1. The molecule has 2 nitrogen and oxygen atoms in total. The Labute approximate surface area is 347 Å². The molecule has 0 amide bonds. The lowest BCUT2D eigenvalue weighted by Gasteiger charge is -2.24. The summed E-state index contributed by atoms with van der Waals surface area (Å²) in [5.41, 5.74) is 20.6. The highest BCUT2D eigenvalue weighted by molar-refractivity contribution is 6.12. The van der Waals surface area contributed by atoms with Gasteiger partial charge in [-0.1, -0.05) is 151 Å². The monoisotopic (exact) mass is 760 g/mol. The number of nitrogens with zero attached hydrogens (tertiary/aromatic N) is 2. The Morgan fingerprint density at radius 1 is 0.339 bits per heavy atom. The third-order valence-electron chi connectivity index (χ3n) is 12.8. The van der Waals surface area contributed by atoms with Crippen LogP contribution in [0, 0.1) is 0 Å². The molecule has 0 spiro atoms. The molecule has 1 aliphatic carbocycles. The molecule has 1 aliphatic rings. The normalized spacial score (nSPS) is 12.8. The molecule has 11 rings (SSSR count). The summed E-state index contributed by atoms with van der Waals surface area (Å²) in [5.74, 6) is 0. The first-order chi connectivity index (χ1) is 28.5. The molecule has 0 radical (unpaired) electrons. The summed E-state index contributed by atoms with van der Waals surface area (Å²) in [6.07, 6.45) is 0.963. The first kappa shape index (κ1) is 35.5. The van der Waals surface area contributed by atoms with Crippen LogP contribution < -0.4 is 0 Å². The lowest BCUT2D eigenvalue weighted by molar-refractivity contribution is 0.587. The number of hydrogen-bond donors (Lipinski definition) is 0. The maximum atomic E-state index is 2.47. The van der Waals surface area contributed by atoms with Crippen LogP contribution in [0.1, 0.15) is 63.8 Å². The molecule has 0 aliphatic heterocycles. The van der Waals surface area contributed by atoms with Crippen LogP contribution in [0.25, 0.3) is 88.4 Å². The summed E-state index contributed by atoms with van der Waals surface area (Å²) in [7, 11) is 0. The fourth-order valence-corrected chi connectivity index (χ4v) is 9.96. The third-order valence-corrected chi connectivity index (χ3v) is 12.8. The molecule has 10 aromatic rings. The van der Waals surface area contributed by atoms with Gasteiger partial charge >= 0.3 is 0 Å². The number of benzene rings is 8. The van der Waals surface area contributed by atoms with E-state index in [1.54, 1.807) is 0 Å². The molecule has 0 bridgehead atoms. The van der Waals surface area contributed by atoms with Crippen molar-refractivity contribution in [3.05, 3.63) is 192 Å². The molecule has 0 saturated carbocycles. The van der Waals surface area contributed by atoms with Crippen LogP contribution in [0.4, 0.5) is 0 Å². The van der Waals surface area contributed by atoms with E-state index < -0.39 is 0 Å². The van der Waals surface area contributed by atoms with Crippen molar-refractivity contribution in [2.45, 2.75) is 58.8 Å². The summed E-state index contributed by atoms with van der Waals surface area (Å²) in [6.45, 7) is 13.8. The highest BCUT2D eigenvalue weighted by Gasteiger charge is 2.25. The summed E-state index contributed by atoms with van der Waals surface area (Å²) in [5, 5.41) is 5.12. The van der Waals surface area contributed by atoms with Gasteiger partial charge in [0.2, 0.25) is 0 Å². The van der Waals surface area contributed by atoms with Gasteiger partial charge in [0.05, 0.1) is 22.1 Å². The van der Waals surface area contributed by atoms with Crippen molar-refractivity contribution in [1.29, 1.82) is 0 Å². The molecule has 8 aromatic carbocycles. The van der Waals surface area contributed by atoms with Crippen molar-refractivity contribution in [1.82, 2.24) is 9.13 Å². The van der Waals surface area contributed by atoms with Crippen molar-refractivity contribution >= 4 is 43.6 Å². The molecule has 0 saturated heterocycles. The van der Waals surface area contributed by atoms with Crippen molar-refractivity contribution in [3.63, 3.8) is 0 Å². The number of fused-ring (bicyclic) bond motifs is 9. The molecule has 2 aromatic heterocycles.